The van der Waals surface area contributed by atoms with E-state index in [0.717, 1.165) is 12.8 Å². The van der Waals surface area contributed by atoms with Gasteiger partial charge in [-0.15, -0.1) is 0 Å². The van der Waals surface area contributed by atoms with Crippen molar-refractivity contribution in [2.75, 3.05) is 9.80 Å². The lowest BCUT2D eigenvalue weighted by Gasteiger charge is -2.32. The Labute approximate surface area is 365 Å². The molecule has 2 aliphatic carbocycles. The third-order valence-corrected chi connectivity index (χ3v) is 14.3. The molecule has 12 rings (SSSR count). The number of nitrogens with zero attached hydrogens (tertiary/aromatic N) is 2. The molecule has 0 amide bonds. The van der Waals surface area contributed by atoms with Gasteiger partial charge in [-0.25, -0.2) is 0 Å². The Hall–Kier alpha value is -6.64. The first-order chi connectivity index (χ1) is 30.4. The highest BCUT2D eigenvalue weighted by atomic mass is 15.2. The van der Waals surface area contributed by atoms with E-state index < -0.39 is 0 Å². The minimum atomic E-state index is 0.315. The van der Waals surface area contributed by atoms with Gasteiger partial charge in [0.05, 0.1) is 22.7 Å². The Morgan fingerprint density at radius 3 is 1.19 bits per heavy atom. The SMILES string of the molecule is CC(C)c1cc(N(c2ccc3c(c2)CCC3)c2cccc3ccccc23)c2ccc3c(C(C)C)cc(N(c4ccc5c(c4)CCC5)c4cccc5ccccc45)c4ccc1c2c34. The maximum Gasteiger partial charge on any atom is 0.0543 e. The molecule has 0 atom stereocenters. The predicted octanol–water partition coefficient (Wildman–Crippen LogP) is 17.1. The topological polar surface area (TPSA) is 6.48 Å². The lowest BCUT2D eigenvalue weighted by molar-refractivity contribution is 0.875. The van der Waals surface area contributed by atoms with Crippen LogP contribution in [0.5, 0.6) is 0 Å². The van der Waals surface area contributed by atoms with Crippen molar-refractivity contribution in [3.8, 4) is 0 Å². The number of hydrogen-bond acceptors (Lipinski definition) is 2. The molecule has 0 N–H and O–H groups in total. The van der Waals surface area contributed by atoms with Gasteiger partial charge in [-0.2, -0.15) is 0 Å². The van der Waals surface area contributed by atoms with Crippen molar-refractivity contribution in [1.29, 1.82) is 0 Å². The smallest absolute Gasteiger partial charge is 0.0543 e. The zero-order valence-corrected chi connectivity index (χ0v) is 36.3. The summed E-state index contributed by atoms with van der Waals surface area (Å²) >= 11 is 0. The highest BCUT2D eigenvalue weighted by Crippen LogP contribution is 2.52. The van der Waals surface area contributed by atoms with Crippen LogP contribution in [0.15, 0.2) is 158 Å². The van der Waals surface area contributed by atoms with E-state index in [9.17, 15) is 0 Å². The van der Waals surface area contributed by atoms with E-state index in [1.807, 2.05) is 0 Å². The second-order valence-corrected chi connectivity index (χ2v) is 18.6. The zero-order valence-electron chi connectivity index (χ0n) is 36.3. The van der Waals surface area contributed by atoms with E-state index >= 15 is 0 Å². The first-order valence-corrected chi connectivity index (χ1v) is 23.0. The Morgan fingerprint density at radius 2 is 0.742 bits per heavy atom. The molecule has 0 aliphatic heterocycles. The fourth-order valence-electron chi connectivity index (χ4n) is 11.4. The summed E-state index contributed by atoms with van der Waals surface area (Å²) in [5, 5.41) is 13.0. The van der Waals surface area contributed by atoms with Crippen LogP contribution in [0.25, 0.3) is 53.9 Å². The second-order valence-electron chi connectivity index (χ2n) is 18.6. The molecule has 302 valence electrons. The molecule has 0 saturated heterocycles. The Bertz CT molecular complexity index is 3150. The number of fused-ring (bicyclic) bond motifs is 4. The van der Waals surface area contributed by atoms with Crippen molar-refractivity contribution in [2.24, 2.45) is 0 Å². The molecule has 0 aromatic heterocycles. The Kier molecular flexibility index (Phi) is 8.68. The number of benzene rings is 10. The fourth-order valence-corrected chi connectivity index (χ4v) is 11.4. The summed E-state index contributed by atoms with van der Waals surface area (Å²) in [6.45, 7) is 9.48. The standard InChI is InChI=1S/C60H52N2/c1-37(2)53-35-57(61(45-27-25-39-15-9-19-43(39)33-45)55-23-11-17-41-13-5-7-21-47(41)55)51-32-30-50-54(38(3)4)36-58(52-31-29-49(53)59(51)60(50)52)62(46-28-26-40-16-10-20-44(40)34-46)56-24-12-18-42-14-6-8-22-48(42)56/h5-8,11-14,17-18,21-38H,9-10,15-16,19-20H2,1-4H3. The minimum Gasteiger partial charge on any atom is -0.309 e. The molecule has 2 aliphatic rings. The average Bonchev–Trinajstić information content (AvgIpc) is 3.98. The Balaban J connectivity index is 1.21. The van der Waals surface area contributed by atoms with Gasteiger partial charge in [-0.05, 0) is 165 Å². The van der Waals surface area contributed by atoms with Gasteiger partial charge in [0.2, 0.25) is 0 Å². The van der Waals surface area contributed by atoms with E-state index in [1.54, 1.807) is 0 Å². The third-order valence-electron chi connectivity index (χ3n) is 14.3. The molecule has 0 radical (unpaired) electrons. The molecule has 62 heavy (non-hydrogen) atoms. The largest absolute Gasteiger partial charge is 0.309 e. The molecular weight excluding hydrogens is 749 g/mol. The van der Waals surface area contributed by atoms with Crippen molar-refractivity contribution in [1.82, 2.24) is 0 Å². The lowest BCUT2D eigenvalue weighted by atomic mass is 9.84. The highest BCUT2D eigenvalue weighted by Gasteiger charge is 2.28. The normalized spacial score (nSPS) is 13.7. The summed E-state index contributed by atoms with van der Waals surface area (Å²) in [6.07, 6.45) is 7.07. The van der Waals surface area contributed by atoms with Gasteiger partial charge >= 0.3 is 0 Å². The number of rotatable bonds is 8. The Morgan fingerprint density at radius 1 is 0.339 bits per heavy atom. The van der Waals surface area contributed by atoms with Gasteiger partial charge < -0.3 is 9.80 Å². The van der Waals surface area contributed by atoms with Crippen molar-refractivity contribution < 1.29 is 0 Å². The molecule has 0 heterocycles. The third kappa shape index (κ3) is 5.76. The molecule has 2 heteroatoms. The lowest BCUT2D eigenvalue weighted by Crippen LogP contribution is -2.14. The molecular formula is C60H52N2. The summed E-state index contributed by atoms with van der Waals surface area (Å²) in [6, 6.07) is 60.8. The fraction of sp³-hybridized carbons (Fsp3) is 0.200. The van der Waals surface area contributed by atoms with Gasteiger partial charge in [-0.3, -0.25) is 0 Å². The van der Waals surface area contributed by atoms with Crippen molar-refractivity contribution in [2.45, 2.75) is 78.1 Å². The maximum absolute atomic E-state index is 2.59. The highest BCUT2D eigenvalue weighted by molar-refractivity contribution is 6.30. The molecule has 0 spiro atoms. The summed E-state index contributed by atoms with van der Waals surface area (Å²) < 4.78 is 0. The van der Waals surface area contributed by atoms with Crippen molar-refractivity contribution in [3.05, 3.63) is 191 Å². The van der Waals surface area contributed by atoms with Crippen LogP contribution in [0.4, 0.5) is 34.1 Å². The molecule has 10 aromatic rings. The molecule has 0 unspecified atom stereocenters. The first-order valence-electron chi connectivity index (χ1n) is 23.0. The van der Waals surface area contributed by atoms with Gasteiger partial charge in [0.15, 0.2) is 0 Å². The van der Waals surface area contributed by atoms with Crippen LogP contribution in [0, 0.1) is 0 Å². The average molecular weight is 801 g/mol. The van der Waals surface area contributed by atoms with Crippen LogP contribution in [-0.4, -0.2) is 0 Å². The molecule has 0 fully saturated rings. The van der Waals surface area contributed by atoms with E-state index in [0.29, 0.717) is 11.8 Å². The van der Waals surface area contributed by atoms with E-state index in [2.05, 4.69) is 195 Å². The summed E-state index contributed by atoms with van der Waals surface area (Å²) in [4.78, 5) is 5.19. The summed E-state index contributed by atoms with van der Waals surface area (Å²) in [5.41, 5.74) is 16.1. The molecule has 0 saturated carbocycles. The van der Waals surface area contributed by atoms with Crippen molar-refractivity contribution in [3.63, 3.8) is 0 Å². The maximum atomic E-state index is 2.59. The second kappa shape index (κ2) is 14.5. The van der Waals surface area contributed by atoms with Crippen LogP contribution in [0.2, 0.25) is 0 Å². The van der Waals surface area contributed by atoms with E-state index in [1.165, 1.54) is 147 Å². The summed E-state index contributed by atoms with van der Waals surface area (Å²) in [7, 11) is 0. The number of anilines is 6. The zero-order chi connectivity index (χ0) is 41.6. The van der Waals surface area contributed by atoms with Crippen LogP contribution in [0.1, 0.15) is 85.8 Å². The van der Waals surface area contributed by atoms with Crippen molar-refractivity contribution >= 4 is 88.0 Å². The van der Waals surface area contributed by atoms with Gasteiger partial charge in [0.1, 0.15) is 0 Å². The first kappa shape index (κ1) is 37.1. The quantitative estimate of drug-likeness (QED) is 0.141. The minimum absolute atomic E-state index is 0.315. The van der Waals surface area contributed by atoms with Crippen LogP contribution in [0.3, 0.4) is 0 Å². The van der Waals surface area contributed by atoms with E-state index in [4.69, 9.17) is 0 Å². The monoisotopic (exact) mass is 800 g/mol. The molecule has 10 aromatic carbocycles. The summed E-state index contributed by atoms with van der Waals surface area (Å²) in [5.74, 6) is 0.630. The van der Waals surface area contributed by atoms with Crippen LogP contribution < -0.4 is 9.80 Å². The number of aryl methyl sites for hydroxylation is 4. The van der Waals surface area contributed by atoms with Gasteiger partial charge in [0.25, 0.3) is 0 Å². The predicted molar refractivity (Wildman–Crippen MR) is 267 cm³/mol. The van der Waals surface area contributed by atoms with Crippen LogP contribution >= 0.6 is 0 Å². The molecule has 2 nitrogen and oxygen atoms in total. The van der Waals surface area contributed by atoms with E-state index in [-0.39, 0.29) is 0 Å². The van der Waals surface area contributed by atoms with Crippen LogP contribution in [-0.2, 0) is 25.7 Å². The van der Waals surface area contributed by atoms with Gasteiger partial charge in [-0.1, -0.05) is 137 Å². The molecule has 0 bridgehead atoms. The van der Waals surface area contributed by atoms with Gasteiger partial charge in [0, 0.05) is 32.9 Å². The number of hydrogen-bond donors (Lipinski definition) is 0.